The van der Waals surface area contributed by atoms with Gasteiger partial charge in [-0.3, -0.25) is 14.4 Å². The molecule has 0 spiro atoms. The lowest BCUT2D eigenvalue weighted by Gasteiger charge is -2.18. The highest BCUT2D eigenvalue weighted by molar-refractivity contribution is 5.71. The molecule has 1 atom stereocenters. The summed E-state index contributed by atoms with van der Waals surface area (Å²) in [6, 6.07) is 0. The topological polar surface area (TPSA) is 78.9 Å². The Morgan fingerprint density at radius 1 is 0.312 bits per heavy atom. The lowest BCUT2D eigenvalue weighted by Crippen LogP contribution is -2.30. The molecule has 0 aromatic heterocycles. The van der Waals surface area contributed by atoms with Gasteiger partial charge in [0.05, 0.1) is 0 Å². The average Bonchev–Trinajstić information content (AvgIpc) is 3.29. The van der Waals surface area contributed by atoms with E-state index in [9.17, 15) is 14.4 Å². The van der Waals surface area contributed by atoms with Crippen LogP contribution in [0.1, 0.15) is 258 Å². The monoisotopic (exact) mass is 893 g/mol. The second kappa shape index (κ2) is 52.5. The van der Waals surface area contributed by atoms with Crippen molar-refractivity contribution in [3.8, 4) is 0 Å². The van der Waals surface area contributed by atoms with Crippen molar-refractivity contribution >= 4 is 17.9 Å². The second-order valence-electron chi connectivity index (χ2n) is 17.8. The second-order valence-corrected chi connectivity index (χ2v) is 17.8. The fourth-order valence-corrected chi connectivity index (χ4v) is 7.35. The molecule has 0 aliphatic rings. The summed E-state index contributed by atoms with van der Waals surface area (Å²) in [6.07, 6.45) is 66.0. The summed E-state index contributed by atoms with van der Waals surface area (Å²) in [4.78, 5) is 38.0. The Balaban J connectivity index is 4.47. The van der Waals surface area contributed by atoms with Crippen molar-refractivity contribution in [2.75, 3.05) is 13.2 Å². The molecule has 0 N–H and O–H groups in total. The van der Waals surface area contributed by atoms with E-state index in [1.807, 2.05) is 0 Å². The zero-order chi connectivity index (χ0) is 46.5. The molecule has 0 aliphatic heterocycles. The van der Waals surface area contributed by atoms with Gasteiger partial charge in [0.25, 0.3) is 0 Å². The van der Waals surface area contributed by atoms with Gasteiger partial charge in [-0.25, -0.2) is 0 Å². The molecule has 0 aromatic carbocycles. The van der Waals surface area contributed by atoms with Crippen LogP contribution in [-0.4, -0.2) is 37.2 Å². The number of carbonyl (C=O) groups is 3. The van der Waals surface area contributed by atoms with Gasteiger partial charge >= 0.3 is 17.9 Å². The summed E-state index contributed by atoms with van der Waals surface area (Å²) in [7, 11) is 0. The Morgan fingerprint density at radius 3 is 0.969 bits per heavy atom. The minimum Gasteiger partial charge on any atom is -0.462 e. The van der Waals surface area contributed by atoms with Gasteiger partial charge in [-0.2, -0.15) is 0 Å². The van der Waals surface area contributed by atoms with Crippen LogP contribution in [0, 0.1) is 0 Å². The van der Waals surface area contributed by atoms with Gasteiger partial charge in [0.1, 0.15) is 13.2 Å². The standard InChI is InChI=1S/C58H100O6/c1-4-7-10-13-16-19-22-25-27-29-31-33-36-39-42-45-48-51-57(60)63-54-55(53-62-56(59)50-47-44-41-38-35-24-21-18-15-12-9-6-3)64-58(61)52-49-46-43-40-37-34-32-30-28-26-23-20-17-14-11-8-5-2/h16-17,19-20,25-28,31,33,39,42,55H,4-15,18,21-24,29-30,32,34-38,40-41,43-54H2,1-3H3/b19-16-,20-17-,27-25-,28-26-,33-31-,42-39-. The summed E-state index contributed by atoms with van der Waals surface area (Å²) in [5.74, 6) is -0.956. The van der Waals surface area contributed by atoms with Crippen LogP contribution in [0.25, 0.3) is 0 Å². The average molecular weight is 893 g/mol. The van der Waals surface area contributed by atoms with Crippen molar-refractivity contribution in [3.05, 3.63) is 72.9 Å². The molecule has 1 unspecified atom stereocenters. The van der Waals surface area contributed by atoms with E-state index in [1.54, 1.807) is 0 Å². The van der Waals surface area contributed by atoms with E-state index in [-0.39, 0.29) is 37.5 Å². The molecule has 0 saturated carbocycles. The highest BCUT2D eigenvalue weighted by Crippen LogP contribution is 2.15. The first-order valence-corrected chi connectivity index (χ1v) is 26.9. The Morgan fingerprint density at radius 2 is 0.578 bits per heavy atom. The zero-order valence-electron chi connectivity index (χ0n) is 42.0. The molecule has 6 heteroatoms. The van der Waals surface area contributed by atoms with Crippen LogP contribution >= 0.6 is 0 Å². The molecule has 0 bridgehead atoms. The van der Waals surface area contributed by atoms with Gasteiger partial charge in [0.2, 0.25) is 0 Å². The van der Waals surface area contributed by atoms with E-state index in [4.69, 9.17) is 14.2 Å². The van der Waals surface area contributed by atoms with Gasteiger partial charge in [-0.05, 0) is 89.9 Å². The molecular formula is C58H100O6. The van der Waals surface area contributed by atoms with Crippen molar-refractivity contribution in [2.24, 2.45) is 0 Å². The summed E-state index contributed by atoms with van der Waals surface area (Å²) >= 11 is 0. The van der Waals surface area contributed by atoms with Gasteiger partial charge < -0.3 is 14.2 Å². The zero-order valence-corrected chi connectivity index (χ0v) is 42.0. The minimum absolute atomic E-state index is 0.0940. The Bertz CT molecular complexity index is 1210. The molecule has 0 heterocycles. The first kappa shape index (κ1) is 60.9. The quantitative estimate of drug-likeness (QED) is 0.0262. The van der Waals surface area contributed by atoms with Crippen LogP contribution < -0.4 is 0 Å². The maximum Gasteiger partial charge on any atom is 0.306 e. The molecule has 0 aromatic rings. The molecule has 6 nitrogen and oxygen atoms in total. The van der Waals surface area contributed by atoms with Crippen LogP contribution in [0.15, 0.2) is 72.9 Å². The molecule has 0 fully saturated rings. The van der Waals surface area contributed by atoms with E-state index >= 15 is 0 Å². The van der Waals surface area contributed by atoms with Gasteiger partial charge in [-0.1, -0.05) is 222 Å². The van der Waals surface area contributed by atoms with Crippen LogP contribution in [0.3, 0.4) is 0 Å². The molecule has 0 rings (SSSR count). The minimum atomic E-state index is -0.799. The van der Waals surface area contributed by atoms with Gasteiger partial charge in [0, 0.05) is 19.3 Å². The number of esters is 3. The molecule has 0 saturated heterocycles. The largest absolute Gasteiger partial charge is 0.462 e. The number of hydrogen-bond acceptors (Lipinski definition) is 6. The molecule has 0 amide bonds. The fourth-order valence-electron chi connectivity index (χ4n) is 7.35. The van der Waals surface area contributed by atoms with Crippen LogP contribution in [0.5, 0.6) is 0 Å². The Labute approximate surface area is 395 Å². The number of ether oxygens (including phenoxy) is 3. The van der Waals surface area contributed by atoms with E-state index < -0.39 is 6.10 Å². The maximum absolute atomic E-state index is 12.8. The lowest BCUT2D eigenvalue weighted by molar-refractivity contribution is -0.167. The van der Waals surface area contributed by atoms with E-state index in [1.165, 1.54) is 135 Å². The lowest BCUT2D eigenvalue weighted by atomic mass is 10.0. The highest BCUT2D eigenvalue weighted by atomic mass is 16.6. The SMILES string of the molecule is CCCCC/C=C\C/C=C\C/C=C\C/C=C\CCCC(=O)OCC(COC(=O)CCCCCCCCCCCCCC)OC(=O)CCCCCCCCC/C=C\C/C=C\CCCCC. The van der Waals surface area contributed by atoms with Crippen molar-refractivity contribution in [2.45, 2.75) is 264 Å². The Kier molecular flexibility index (Phi) is 49.9. The van der Waals surface area contributed by atoms with Crippen LogP contribution in [0.2, 0.25) is 0 Å². The number of allylic oxidation sites excluding steroid dienone is 12. The first-order chi connectivity index (χ1) is 31.5. The number of rotatable bonds is 48. The van der Waals surface area contributed by atoms with Gasteiger partial charge in [0.15, 0.2) is 6.10 Å². The molecule has 368 valence electrons. The van der Waals surface area contributed by atoms with Crippen molar-refractivity contribution < 1.29 is 28.6 Å². The summed E-state index contributed by atoms with van der Waals surface area (Å²) in [5.41, 5.74) is 0. The van der Waals surface area contributed by atoms with Crippen LogP contribution in [0.4, 0.5) is 0 Å². The van der Waals surface area contributed by atoms with Gasteiger partial charge in [-0.15, -0.1) is 0 Å². The van der Waals surface area contributed by atoms with E-state index in [0.29, 0.717) is 19.3 Å². The molecular weight excluding hydrogens is 793 g/mol. The summed E-state index contributed by atoms with van der Waals surface area (Å²) in [6.45, 7) is 6.54. The normalized spacial score (nSPS) is 12.6. The highest BCUT2D eigenvalue weighted by Gasteiger charge is 2.19. The molecule has 0 radical (unpaired) electrons. The van der Waals surface area contributed by atoms with Crippen molar-refractivity contribution in [1.29, 1.82) is 0 Å². The van der Waals surface area contributed by atoms with Crippen molar-refractivity contribution in [3.63, 3.8) is 0 Å². The smallest absolute Gasteiger partial charge is 0.306 e. The number of unbranched alkanes of at least 4 members (excludes halogenated alkanes) is 25. The Hall–Kier alpha value is -3.15. The van der Waals surface area contributed by atoms with Crippen molar-refractivity contribution in [1.82, 2.24) is 0 Å². The van der Waals surface area contributed by atoms with E-state index in [2.05, 4.69) is 93.7 Å². The van der Waals surface area contributed by atoms with E-state index in [0.717, 1.165) is 77.0 Å². The summed E-state index contributed by atoms with van der Waals surface area (Å²) in [5, 5.41) is 0. The third kappa shape index (κ3) is 49.9. The fraction of sp³-hybridized carbons (Fsp3) is 0.741. The predicted molar refractivity (Wildman–Crippen MR) is 274 cm³/mol. The number of carbonyl (C=O) groups excluding carboxylic acids is 3. The predicted octanol–water partition coefficient (Wildman–Crippen LogP) is 17.8. The molecule has 64 heavy (non-hydrogen) atoms. The number of hydrogen-bond donors (Lipinski definition) is 0. The first-order valence-electron chi connectivity index (χ1n) is 26.9. The summed E-state index contributed by atoms with van der Waals surface area (Å²) < 4.78 is 16.8. The third-order valence-electron chi connectivity index (χ3n) is 11.4. The van der Waals surface area contributed by atoms with Crippen LogP contribution in [-0.2, 0) is 28.6 Å². The maximum atomic E-state index is 12.8. The molecule has 0 aliphatic carbocycles. The third-order valence-corrected chi connectivity index (χ3v) is 11.4.